The second-order valence-corrected chi connectivity index (χ2v) is 7.09. The Morgan fingerprint density at radius 2 is 2.09 bits per heavy atom. The summed E-state index contributed by atoms with van der Waals surface area (Å²) in [5.41, 5.74) is 1.07. The van der Waals surface area contributed by atoms with Gasteiger partial charge in [-0.15, -0.1) is 0 Å². The van der Waals surface area contributed by atoms with Crippen molar-refractivity contribution in [3.05, 3.63) is 34.9 Å². The van der Waals surface area contributed by atoms with Crippen LogP contribution in [0.5, 0.6) is 0 Å². The van der Waals surface area contributed by atoms with Gasteiger partial charge in [-0.3, -0.25) is 4.90 Å². The lowest BCUT2D eigenvalue weighted by molar-refractivity contribution is -0.0575. The Bertz CT molecular complexity index is 492. The molecular weight excluding hydrogens is 314 g/mol. The second-order valence-electron chi connectivity index (χ2n) is 6.66. The summed E-state index contributed by atoms with van der Waals surface area (Å²) >= 11 is 5.90. The van der Waals surface area contributed by atoms with Gasteiger partial charge in [0.05, 0.1) is 32.0 Å². The zero-order valence-electron chi connectivity index (χ0n) is 13.7. The van der Waals surface area contributed by atoms with Crippen LogP contribution in [0, 0.1) is 5.92 Å². The Balaban J connectivity index is 1.45. The third-order valence-corrected chi connectivity index (χ3v) is 5.02. The highest BCUT2D eigenvalue weighted by Crippen LogP contribution is 2.36. The molecule has 1 aliphatic carbocycles. The van der Waals surface area contributed by atoms with Gasteiger partial charge in [0.1, 0.15) is 0 Å². The Kier molecular flexibility index (Phi) is 5.94. The van der Waals surface area contributed by atoms with Crippen LogP contribution in [-0.2, 0) is 9.47 Å². The van der Waals surface area contributed by atoms with Crippen LogP contribution < -0.4 is 0 Å². The molecule has 0 amide bonds. The van der Waals surface area contributed by atoms with Crippen molar-refractivity contribution in [3.8, 4) is 0 Å². The molecule has 3 rings (SSSR count). The van der Waals surface area contributed by atoms with Crippen molar-refractivity contribution >= 4 is 11.6 Å². The maximum Gasteiger partial charge on any atom is 0.0900 e. The summed E-state index contributed by atoms with van der Waals surface area (Å²) < 4.78 is 11.4. The molecule has 1 heterocycles. The summed E-state index contributed by atoms with van der Waals surface area (Å²) in [4.78, 5) is 2.38. The highest BCUT2D eigenvalue weighted by Gasteiger charge is 2.37. The second kappa shape index (κ2) is 7.95. The molecule has 128 valence electrons. The van der Waals surface area contributed by atoms with Gasteiger partial charge in [-0.1, -0.05) is 23.7 Å². The van der Waals surface area contributed by atoms with E-state index in [0.29, 0.717) is 19.2 Å². The summed E-state index contributed by atoms with van der Waals surface area (Å²) in [6.45, 7) is 5.48. The Morgan fingerprint density at radius 3 is 2.78 bits per heavy atom. The SMILES string of the molecule is CC(OCC(O)CN1CCOCC1C1CC1)c1ccc(Cl)cc1. The zero-order valence-corrected chi connectivity index (χ0v) is 14.4. The van der Waals surface area contributed by atoms with Gasteiger partial charge in [0, 0.05) is 24.2 Å². The first-order chi connectivity index (χ1) is 11.1. The number of aliphatic hydroxyl groups excluding tert-OH is 1. The van der Waals surface area contributed by atoms with Gasteiger partial charge in [0.2, 0.25) is 0 Å². The van der Waals surface area contributed by atoms with E-state index in [1.807, 2.05) is 31.2 Å². The molecule has 3 unspecified atom stereocenters. The third kappa shape index (κ3) is 4.91. The number of morpholine rings is 1. The molecule has 1 aromatic carbocycles. The lowest BCUT2D eigenvalue weighted by Crippen LogP contribution is -2.50. The normalized spacial score (nSPS) is 25.3. The van der Waals surface area contributed by atoms with Crippen molar-refractivity contribution in [1.29, 1.82) is 0 Å². The number of nitrogens with zero attached hydrogens (tertiary/aromatic N) is 1. The minimum absolute atomic E-state index is 0.0502. The molecule has 1 aromatic rings. The lowest BCUT2D eigenvalue weighted by Gasteiger charge is -2.37. The van der Waals surface area contributed by atoms with Gasteiger partial charge in [-0.2, -0.15) is 0 Å². The zero-order chi connectivity index (χ0) is 16.2. The van der Waals surface area contributed by atoms with Gasteiger partial charge in [-0.25, -0.2) is 0 Å². The topological polar surface area (TPSA) is 41.9 Å². The number of aliphatic hydroxyl groups is 1. The number of halogens is 1. The monoisotopic (exact) mass is 339 g/mol. The molecule has 0 radical (unpaired) electrons. The van der Waals surface area contributed by atoms with E-state index >= 15 is 0 Å². The molecule has 0 aromatic heterocycles. The number of hydrogen-bond donors (Lipinski definition) is 1. The average molecular weight is 340 g/mol. The summed E-state index contributed by atoms with van der Waals surface area (Å²) in [5.74, 6) is 0.761. The van der Waals surface area contributed by atoms with E-state index in [2.05, 4.69) is 4.90 Å². The molecule has 1 aliphatic heterocycles. The Hall–Kier alpha value is -0.650. The smallest absolute Gasteiger partial charge is 0.0900 e. The van der Waals surface area contributed by atoms with Gasteiger partial charge < -0.3 is 14.6 Å². The molecule has 0 spiro atoms. The molecule has 2 fully saturated rings. The van der Waals surface area contributed by atoms with Crippen molar-refractivity contribution in [2.45, 2.75) is 38.0 Å². The van der Waals surface area contributed by atoms with E-state index in [1.54, 1.807) is 0 Å². The fourth-order valence-corrected chi connectivity index (χ4v) is 3.33. The van der Waals surface area contributed by atoms with E-state index in [-0.39, 0.29) is 6.10 Å². The van der Waals surface area contributed by atoms with Gasteiger partial charge in [-0.05, 0) is 43.4 Å². The number of benzene rings is 1. The van der Waals surface area contributed by atoms with E-state index in [0.717, 1.165) is 36.3 Å². The molecule has 4 nitrogen and oxygen atoms in total. The summed E-state index contributed by atoms with van der Waals surface area (Å²) in [5, 5.41) is 11.1. The van der Waals surface area contributed by atoms with Crippen LogP contribution in [0.4, 0.5) is 0 Å². The molecule has 1 saturated carbocycles. The average Bonchev–Trinajstić information content (AvgIpc) is 3.39. The first kappa shape index (κ1) is 17.2. The summed E-state index contributed by atoms with van der Waals surface area (Å²) in [6.07, 6.45) is 2.07. The number of β-amino-alcohol motifs (C(OH)–C–C–N with tert-alkyl or cyclic N) is 1. The maximum atomic E-state index is 10.3. The van der Waals surface area contributed by atoms with Crippen molar-refractivity contribution < 1.29 is 14.6 Å². The van der Waals surface area contributed by atoms with E-state index in [1.165, 1.54) is 12.8 Å². The number of hydrogen-bond acceptors (Lipinski definition) is 4. The molecule has 1 saturated heterocycles. The fourth-order valence-electron chi connectivity index (χ4n) is 3.21. The highest BCUT2D eigenvalue weighted by molar-refractivity contribution is 6.30. The number of rotatable bonds is 7. The minimum Gasteiger partial charge on any atom is -0.389 e. The molecule has 3 atom stereocenters. The first-order valence-corrected chi connectivity index (χ1v) is 8.88. The molecule has 5 heteroatoms. The third-order valence-electron chi connectivity index (χ3n) is 4.77. The lowest BCUT2D eigenvalue weighted by atomic mass is 10.1. The molecule has 0 bridgehead atoms. The highest BCUT2D eigenvalue weighted by atomic mass is 35.5. The van der Waals surface area contributed by atoms with Crippen molar-refractivity contribution in [2.75, 3.05) is 32.9 Å². The summed E-state index contributed by atoms with van der Waals surface area (Å²) in [7, 11) is 0. The first-order valence-electron chi connectivity index (χ1n) is 8.50. The largest absolute Gasteiger partial charge is 0.389 e. The quantitative estimate of drug-likeness (QED) is 0.829. The van der Waals surface area contributed by atoms with Crippen LogP contribution in [0.3, 0.4) is 0 Å². The van der Waals surface area contributed by atoms with Crippen LogP contribution in [0.1, 0.15) is 31.4 Å². The van der Waals surface area contributed by atoms with Crippen molar-refractivity contribution in [3.63, 3.8) is 0 Å². The maximum absolute atomic E-state index is 10.3. The van der Waals surface area contributed by atoms with E-state index < -0.39 is 6.10 Å². The molecule has 2 aliphatic rings. The standard InChI is InChI=1S/C18H26ClNO3/c1-13(14-4-6-16(19)7-5-14)23-11-17(21)10-20-8-9-22-12-18(20)15-2-3-15/h4-7,13,15,17-18,21H,2-3,8-12H2,1H3. The van der Waals surface area contributed by atoms with E-state index in [9.17, 15) is 5.11 Å². The van der Waals surface area contributed by atoms with Crippen molar-refractivity contribution in [1.82, 2.24) is 4.90 Å². The molecule has 23 heavy (non-hydrogen) atoms. The predicted molar refractivity (Wildman–Crippen MR) is 90.7 cm³/mol. The van der Waals surface area contributed by atoms with E-state index in [4.69, 9.17) is 21.1 Å². The van der Waals surface area contributed by atoms with Crippen molar-refractivity contribution in [2.24, 2.45) is 5.92 Å². The fraction of sp³-hybridized carbons (Fsp3) is 0.667. The van der Waals surface area contributed by atoms with Crippen LogP contribution in [-0.4, -0.2) is 55.1 Å². The van der Waals surface area contributed by atoms with Gasteiger partial charge in [0.15, 0.2) is 0 Å². The Labute approximate surface area is 143 Å². The van der Waals surface area contributed by atoms with Crippen LogP contribution in [0.2, 0.25) is 5.02 Å². The van der Waals surface area contributed by atoms with Crippen LogP contribution in [0.15, 0.2) is 24.3 Å². The predicted octanol–water partition coefficient (Wildman–Crippen LogP) is 2.89. The molecular formula is C18H26ClNO3. The minimum atomic E-state index is -0.468. The van der Waals surface area contributed by atoms with Crippen LogP contribution in [0.25, 0.3) is 0 Å². The van der Waals surface area contributed by atoms with Gasteiger partial charge in [0.25, 0.3) is 0 Å². The molecule has 1 N–H and O–H groups in total. The summed E-state index contributed by atoms with van der Waals surface area (Å²) in [6, 6.07) is 8.13. The van der Waals surface area contributed by atoms with Gasteiger partial charge >= 0.3 is 0 Å². The van der Waals surface area contributed by atoms with Crippen LogP contribution >= 0.6 is 11.6 Å². The Morgan fingerprint density at radius 1 is 1.35 bits per heavy atom. The number of ether oxygens (including phenoxy) is 2.